The molecular weight excluding hydrogens is 397 g/mol. The first-order valence-corrected chi connectivity index (χ1v) is 10.1. The van der Waals surface area contributed by atoms with Crippen LogP contribution < -0.4 is 20.3 Å². The van der Waals surface area contributed by atoms with Crippen molar-refractivity contribution in [3.63, 3.8) is 0 Å². The van der Waals surface area contributed by atoms with Crippen LogP contribution in [0.3, 0.4) is 0 Å². The maximum absolute atomic E-state index is 14.3. The molecule has 0 spiro atoms. The number of nitrogens with zero attached hydrogens (tertiary/aromatic N) is 3. The van der Waals surface area contributed by atoms with Crippen molar-refractivity contribution in [3.8, 4) is 5.75 Å². The van der Waals surface area contributed by atoms with Gasteiger partial charge in [0.15, 0.2) is 11.6 Å². The number of hydrogen-bond acceptors (Lipinski definition) is 7. The van der Waals surface area contributed by atoms with Crippen LogP contribution in [0.2, 0.25) is 0 Å². The van der Waals surface area contributed by atoms with Crippen molar-refractivity contribution in [2.75, 3.05) is 42.9 Å². The molecule has 0 bridgehead atoms. The number of methoxy groups -OCH3 is 1. The molecule has 1 aromatic heterocycles. The summed E-state index contributed by atoms with van der Waals surface area (Å²) in [5, 5.41) is 6.12. The number of benzene rings is 2. The average Bonchev–Trinajstić information content (AvgIpc) is 2.77. The predicted molar refractivity (Wildman–Crippen MR) is 122 cm³/mol. The lowest BCUT2D eigenvalue weighted by Crippen LogP contribution is -2.25. The molecule has 164 valence electrons. The quantitative estimate of drug-likeness (QED) is 0.444. The summed E-state index contributed by atoms with van der Waals surface area (Å²) in [5.74, 6) is 0.583. The fourth-order valence-corrected chi connectivity index (χ4v) is 2.76. The van der Waals surface area contributed by atoms with Gasteiger partial charge in [0.05, 0.1) is 12.8 Å². The lowest BCUT2D eigenvalue weighted by molar-refractivity contribution is 0.146. The third-order valence-corrected chi connectivity index (χ3v) is 4.70. The van der Waals surface area contributed by atoms with Gasteiger partial charge in [0, 0.05) is 37.3 Å². The first-order chi connectivity index (χ1) is 15.0. The molecule has 0 aliphatic carbocycles. The largest absolute Gasteiger partial charge is 0.491 e. The Hall–Kier alpha value is -3.39. The highest BCUT2D eigenvalue weighted by atomic mass is 19.1. The Morgan fingerprint density at radius 2 is 1.81 bits per heavy atom. The first kappa shape index (κ1) is 22.3. The maximum Gasteiger partial charge on any atom is 0.229 e. The van der Waals surface area contributed by atoms with Crippen molar-refractivity contribution < 1.29 is 13.9 Å². The van der Waals surface area contributed by atoms with Gasteiger partial charge in [-0.1, -0.05) is 6.07 Å². The second-order valence-electron chi connectivity index (χ2n) is 7.26. The number of nitrogens with one attached hydrogen (secondary N) is 2. The molecule has 0 fully saturated rings. The van der Waals surface area contributed by atoms with E-state index in [0.717, 1.165) is 29.0 Å². The summed E-state index contributed by atoms with van der Waals surface area (Å²) >= 11 is 0. The van der Waals surface area contributed by atoms with Crippen LogP contribution in [-0.4, -0.2) is 43.4 Å². The van der Waals surface area contributed by atoms with Crippen molar-refractivity contribution >= 4 is 28.8 Å². The van der Waals surface area contributed by atoms with Crippen LogP contribution in [0, 0.1) is 5.82 Å². The Morgan fingerprint density at radius 1 is 1.03 bits per heavy atom. The van der Waals surface area contributed by atoms with Gasteiger partial charge in [0.25, 0.3) is 0 Å². The molecule has 1 heterocycles. The molecule has 31 heavy (non-hydrogen) atoms. The van der Waals surface area contributed by atoms with Gasteiger partial charge in [-0.15, -0.1) is 0 Å². The van der Waals surface area contributed by atoms with Crippen LogP contribution in [-0.2, 0) is 4.74 Å². The lowest BCUT2D eigenvalue weighted by atomic mass is 10.2. The van der Waals surface area contributed by atoms with Crippen molar-refractivity contribution in [3.05, 3.63) is 60.5 Å². The predicted octanol–water partition coefficient (Wildman–Crippen LogP) is 4.97. The topological polar surface area (TPSA) is 71.5 Å². The van der Waals surface area contributed by atoms with Gasteiger partial charge in [-0.2, -0.15) is 4.98 Å². The molecule has 0 atom stereocenters. The van der Waals surface area contributed by atoms with Gasteiger partial charge in [-0.05, 0) is 56.3 Å². The summed E-state index contributed by atoms with van der Waals surface area (Å²) in [6, 6.07) is 15.4. The Labute approximate surface area is 182 Å². The Balaban J connectivity index is 1.70. The molecular formula is C23H28FN5O2. The molecule has 2 aromatic carbocycles. The minimum atomic E-state index is -0.532. The van der Waals surface area contributed by atoms with Crippen molar-refractivity contribution in [1.29, 1.82) is 0 Å². The molecule has 8 heteroatoms. The van der Waals surface area contributed by atoms with Crippen molar-refractivity contribution in [1.82, 2.24) is 9.97 Å². The number of hydrogen-bond donors (Lipinski definition) is 2. The van der Waals surface area contributed by atoms with Crippen LogP contribution >= 0.6 is 0 Å². The van der Waals surface area contributed by atoms with E-state index in [1.54, 1.807) is 7.11 Å². The zero-order valence-corrected chi connectivity index (χ0v) is 18.2. The third kappa shape index (κ3) is 6.29. The minimum Gasteiger partial charge on any atom is -0.491 e. The maximum atomic E-state index is 14.3. The summed E-state index contributed by atoms with van der Waals surface area (Å²) in [7, 11) is 3.65. The van der Waals surface area contributed by atoms with Gasteiger partial charge in [-0.25, -0.2) is 9.37 Å². The van der Waals surface area contributed by atoms with E-state index in [2.05, 4.69) is 39.3 Å². The molecule has 0 aliphatic heterocycles. The number of anilines is 5. The Kier molecular flexibility index (Phi) is 7.61. The summed E-state index contributed by atoms with van der Waals surface area (Å²) in [5.41, 5.74) is 2.53. The number of rotatable bonds is 10. The van der Waals surface area contributed by atoms with E-state index >= 15 is 0 Å². The molecule has 2 N–H and O–H groups in total. The molecule has 0 radical (unpaired) electrons. The van der Waals surface area contributed by atoms with E-state index in [-0.39, 0.29) is 11.8 Å². The fourth-order valence-electron chi connectivity index (χ4n) is 2.76. The van der Waals surface area contributed by atoms with E-state index in [0.29, 0.717) is 19.3 Å². The Bertz CT molecular complexity index is 982. The number of ether oxygens (including phenoxy) is 2. The van der Waals surface area contributed by atoms with E-state index in [1.807, 2.05) is 55.6 Å². The summed E-state index contributed by atoms with van der Waals surface area (Å²) < 4.78 is 24.8. The van der Waals surface area contributed by atoms with Gasteiger partial charge in [-0.3, -0.25) is 0 Å². The molecule has 3 aromatic rings. The highest BCUT2D eigenvalue weighted by Crippen LogP contribution is 2.25. The SMILES string of the molecule is COCCOc1ccc(Nc2ncc(F)c(Nc3cccc(N(C)C(C)C)c3)n2)cc1. The third-order valence-electron chi connectivity index (χ3n) is 4.70. The zero-order chi connectivity index (χ0) is 22.2. The average molecular weight is 426 g/mol. The van der Waals surface area contributed by atoms with Gasteiger partial charge >= 0.3 is 0 Å². The van der Waals surface area contributed by atoms with Crippen LogP contribution in [0.15, 0.2) is 54.7 Å². The molecule has 0 amide bonds. The standard InChI is InChI=1S/C23H28FN5O2/c1-16(2)29(3)19-7-5-6-18(14-19)26-22-21(24)15-25-23(28-22)27-17-8-10-20(11-9-17)31-13-12-30-4/h5-11,14-16H,12-13H2,1-4H3,(H2,25,26,27,28). The fraction of sp³-hybridized carbons (Fsp3) is 0.304. The summed E-state index contributed by atoms with van der Waals surface area (Å²) in [6.45, 7) is 5.23. The van der Waals surface area contributed by atoms with E-state index < -0.39 is 5.82 Å². The number of aromatic nitrogens is 2. The van der Waals surface area contributed by atoms with Crippen LogP contribution in [0.1, 0.15) is 13.8 Å². The van der Waals surface area contributed by atoms with E-state index in [4.69, 9.17) is 9.47 Å². The summed E-state index contributed by atoms with van der Waals surface area (Å²) in [6.07, 6.45) is 1.14. The second kappa shape index (κ2) is 10.6. The normalized spacial score (nSPS) is 10.8. The molecule has 0 aliphatic rings. The first-order valence-electron chi connectivity index (χ1n) is 10.1. The molecule has 0 saturated carbocycles. The van der Waals surface area contributed by atoms with Crippen LogP contribution in [0.5, 0.6) is 5.75 Å². The van der Waals surface area contributed by atoms with Crippen LogP contribution in [0.25, 0.3) is 0 Å². The van der Waals surface area contributed by atoms with Gasteiger partial charge < -0.3 is 25.0 Å². The highest BCUT2D eigenvalue weighted by Gasteiger charge is 2.10. The smallest absolute Gasteiger partial charge is 0.229 e. The zero-order valence-electron chi connectivity index (χ0n) is 18.2. The van der Waals surface area contributed by atoms with Crippen molar-refractivity contribution in [2.45, 2.75) is 19.9 Å². The molecule has 7 nitrogen and oxygen atoms in total. The highest BCUT2D eigenvalue weighted by molar-refractivity contribution is 5.65. The van der Waals surface area contributed by atoms with Gasteiger partial charge in [0.2, 0.25) is 5.95 Å². The monoisotopic (exact) mass is 425 g/mol. The second-order valence-corrected chi connectivity index (χ2v) is 7.26. The molecule has 0 saturated heterocycles. The summed E-state index contributed by atoms with van der Waals surface area (Å²) in [4.78, 5) is 10.5. The van der Waals surface area contributed by atoms with E-state index in [1.165, 1.54) is 0 Å². The lowest BCUT2D eigenvalue weighted by Gasteiger charge is -2.24. The van der Waals surface area contributed by atoms with E-state index in [9.17, 15) is 4.39 Å². The van der Waals surface area contributed by atoms with Crippen LogP contribution in [0.4, 0.5) is 33.2 Å². The van der Waals surface area contributed by atoms with Crippen molar-refractivity contribution in [2.24, 2.45) is 0 Å². The Morgan fingerprint density at radius 3 is 2.52 bits per heavy atom. The molecule has 3 rings (SSSR count). The van der Waals surface area contributed by atoms with Gasteiger partial charge in [0.1, 0.15) is 12.4 Å². The minimum absolute atomic E-state index is 0.0985. The molecule has 0 unspecified atom stereocenters. The number of halogens is 1.